The summed E-state index contributed by atoms with van der Waals surface area (Å²) < 4.78 is 27.3. The van der Waals surface area contributed by atoms with Crippen molar-refractivity contribution in [2.24, 2.45) is 19.8 Å². The first-order valence-corrected chi connectivity index (χ1v) is 14.1. The highest BCUT2D eigenvalue weighted by Crippen LogP contribution is 2.44. The van der Waals surface area contributed by atoms with E-state index < -0.39 is 6.09 Å². The highest BCUT2D eigenvalue weighted by molar-refractivity contribution is 6.14. The molecule has 0 radical (unpaired) electrons. The lowest BCUT2D eigenvalue weighted by molar-refractivity contribution is -0.0215. The van der Waals surface area contributed by atoms with Gasteiger partial charge in [-0.25, -0.2) is 14.6 Å². The van der Waals surface area contributed by atoms with Gasteiger partial charge in [-0.05, 0) is 43.9 Å². The van der Waals surface area contributed by atoms with E-state index >= 15 is 0 Å². The summed E-state index contributed by atoms with van der Waals surface area (Å²) in [6, 6.07) is 8.07. The maximum absolute atomic E-state index is 13.7. The van der Waals surface area contributed by atoms with Crippen LogP contribution in [0.5, 0.6) is 11.6 Å². The summed E-state index contributed by atoms with van der Waals surface area (Å²) in [5, 5.41) is 5.40. The van der Waals surface area contributed by atoms with Gasteiger partial charge >= 0.3 is 11.8 Å². The van der Waals surface area contributed by atoms with Crippen molar-refractivity contribution >= 4 is 28.2 Å². The zero-order valence-corrected chi connectivity index (χ0v) is 24.8. The monoisotopic (exact) mass is 589 g/mol. The third kappa shape index (κ3) is 4.99. The van der Waals surface area contributed by atoms with E-state index in [4.69, 9.17) is 19.2 Å². The molecule has 13 heteroatoms. The van der Waals surface area contributed by atoms with Crippen LogP contribution in [0.3, 0.4) is 0 Å². The van der Waals surface area contributed by atoms with Gasteiger partial charge in [-0.1, -0.05) is 12.1 Å². The van der Waals surface area contributed by atoms with Crippen LogP contribution in [0.4, 0.5) is 4.79 Å². The molecule has 13 nitrogen and oxygen atoms in total. The fourth-order valence-electron chi connectivity index (χ4n) is 6.17. The molecule has 1 saturated carbocycles. The second-order valence-corrected chi connectivity index (χ2v) is 10.9. The average Bonchev–Trinajstić information content (AvgIpc) is 3.76. The van der Waals surface area contributed by atoms with Crippen LogP contribution >= 0.6 is 0 Å². The third-order valence-corrected chi connectivity index (χ3v) is 8.10. The summed E-state index contributed by atoms with van der Waals surface area (Å²) in [6.07, 6.45) is 5.55. The van der Waals surface area contributed by atoms with E-state index in [0.717, 1.165) is 63.8 Å². The predicted molar refractivity (Wildman–Crippen MR) is 160 cm³/mol. The van der Waals surface area contributed by atoms with Gasteiger partial charge in [-0.2, -0.15) is 0 Å². The topological polar surface area (TPSA) is 153 Å². The number of rotatable bonds is 2. The Balaban J connectivity index is 0.000000611. The lowest BCUT2D eigenvalue weighted by atomic mass is 9.99. The molecule has 226 valence electrons. The van der Waals surface area contributed by atoms with E-state index in [1.807, 2.05) is 56.0 Å². The van der Waals surface area contributed by atoms with Crippen LogP contribution in [0.2, 0.25) is 0 Å². The molecular weight excluding hydrogens is 554 g/mol. The molecule has 3 aliphatic rings. The number of carbonyl (C=O) groups excluding carboxylic acids is 1. The largest absolute Gasteiger partial charge is 0.491 e. The van der Waals surface area contributed by atoms with Gasteiger partial charge in [-0.3, -0.25) is 13.8 Å². The predicted octanol–water partition coefficient (Wildman–Crippen LogP) is 3.90. The number of nitrogens with two attached hydrogens (primary N) is 1. The van der Waals surface area contributed by atoms with Crippen LogP contribution in [-0.4, -0.2) is 68.0 Å². The van der Waals surface area contributed by atoms with E-state index in [9.17, 15) is 9.59 Å². The van der Waals surface area contributed by atoms with Gasteiger partial charge in [0.25, 0.3) is 0 Å². The number of H-pyrrole nitrogens is 1. The molecule has 0 saturated heterocycles. The van der Waals surface area contributed by atoms with E-state index in [1.165, 1.54) is 7.11 Å². The fraction of sp³-hybridized carbons (Fsp3) is 0.400. The first kappa shape index (κ1) is 28.3. The Hall–Kier alpha value is -4.78. The van der Waals surface area contributed by atoms with E-state index in [1.54, 1.807) is 22.6 Å². The molecule has 1 fully saturated rings. The highest BCUT2D eigenvalue weighted by atomic mass is 16.5. The van der Waals surface area contributed by atoms with Crippen molar-refractivity contribution in [3.8, 4) is 34.0 Å². The van der Waals surface area contributed by atoms with Crippen LogP contribution < -0.4 is 20.9 Å². The van der Waals surface area contributed by atoms with E-state index in [0.29, 0.717) is 18.1 Å². The number of carbonyl (C=O) groups is 1. The number of nitrogens with one attached hydrogen (secondary N) is 1. The van der Waals surface area contributed by atoms with Crippen molar-refractivity contribution < 1.29 is 23.7 Å². The van der Waals surface area contributed by atoms with Gasteiger partial charge < -0.3 is 29.7 Å². The summed E-state index contributed by atoms with van der Waals surface area (Å²) in [4.78, 5) is 31.4. The fourth-order valence-corrected chi connectivity index (χ4v) is 6.17. The summed E-state index contributed by atoms with van der Waals surface area (Å²) in [6.45, 7) is 2.51. The van der Waals surface area contributed by atoms with Crippen LogP contribution in [0.15, 0.2) is 41.5 Å². The van der Waals surface area contributed by atoms with E-state index in [-0.39, 0.29) is 23.9 Å². The number of amides is 1. The summed E-state index contributed by atoms with van der Waals surface area (Å²) in [5.41, 5.74) is 10.4. The van der Waals surface area contributed by atoms with Crippen molar-refractivity contribution in [2.75, 3.05) is 20.8 Å². The molecule has 4 bridgehead atoms. The Morgan fingerprint density at radius 3 is 2.60 bits per heavy atom. The number of aryl methyl sites for hydroxylation is 2. The number of benzene rings is 1. The Morgan fingerprint density at radius 1 is 1.16 bits per heavy atom. The number of nitrogens with zero attached hydrogens (tertiary/aromatic N) is 5. The Labute approximate surface area is 247 Å². The standard InChI is InChI=1S/C28H30N6O4.C2H5NO2/c1-15-14-37-18-8-5-16(6-9-18)22-23-25-21(33(3)28(35)34(25)17-7-10-19(11-17)38-15)12-29-26(23)30-24(22)20-13-32(2)31-27(20)36-4;1-5-2(3)4/h5-6,8-9,12-13,15,17,19H,7,10-11,14H2,1-4H3,(H,29,30);1H3,(H2,3,4)/t15-,17?,19+;/m1./s1. The van der Waals surface area contributed by atoms with Crippen molar-refractivity contribution in [3.63, 3.8) is 0 Å². The number of aromatic amines is 1. The lowest BCUT2D eigenvalue weighted by Crippen LogP contribution is -2.27. The molecule has 1 amide bonds. The van der Waals surface area contributed by atoms with Crippen molar-refractivity contribution in [3.05, 3.63) is 47.1 Å². The number of methoxy groups -OCH3 is 2. The molecule has 1 aromatic carbocycles. The molecule has 1 aliphatic carbocycles. The van der Waals surface area contributed by atoms with E-state index in [2.05, 4.69) is 20.6 Å². The molecule has 3 N–H and O–H groups in total. The zero-order valence-electron chi connectivity index (χ0n) is 24.8. The second kappa shape index (κ2) is 11.1. The quantitative estimate of drug-likeness (QED) is 0.314. The first-order valence-electron chi connectivity index (χ1n) is 14.1. The van der Waals surface area contributed by atoms with Gasteiger partial charge in [0.05, 0.1) is 60.3 Å². The maximum Gasteiger partial charge on any atom is 0.404 e. The number of aromatic nitrogens is 6. The van der Waals surface area contributed by atoms with Crippen molar-refractivity contribution in [1.29, 1.82) is 0 Å². The Kier molecular flexibility index (Phi) is 7.34. The number of fused-ring (bicyclic) bond motifs is 5. The van der Waals surface area contributed by atoms with Crippen LogP contribution in [-0.2, 0) is 23.6 Å². The van der Waals surface area contributed by atoms with Crippen LogP contribution in [0, 0.1) is 0 Å². The van der Waals surface area contributed by atoms with Crippen LogP contribution in [0.25, 0.3) is 44.5 Å². The first-order chi connectivity index (χ1) is 20.7. The van der Waals surface area contributed by atoms with Crippen molar-refractivity contribution in [1.82, 2.24) is 28.9 Å². The third-order valence-electron chi connectivity index (χ3n) is 8.10. The number of primary amides is 1. The normalized spacial score (nSPS) is 19.5. The maximum atomic E-state index is 13.7. The molecule has 43 heavy (non-hydrogen) atoms. The average molecular weight is 590 g/mol. The summed E-state index contributed by atoms with van der Waals surface area (Å²) in [5.74, 6) is 1.29. The zero-order chi connectivity index (χ0) is 30.4. The lowest BCUT2D eigenvalue weighted by Gasteiger charge is -2.19. The highest BCUT2D eigenvalue weighted by Gasteiger charge is 2.33. The number of pyridine rings is 1. The molecule has 6 heterocycles. The molecule has 8 rings (SSSR count). The molecule has 1 unspecified atom stereocenters. The van der Waals surface area contributed by atoms with Gasteiger partial charge in [0.15, 0.2) is 0 Å². The number of hydrogen-bond acceptors (Lipinski definition) is 8. The molecule has 5 aromatic rings. The molecule has 4 aromatic heterocycles. The Bertz CT molecular complexity index is 1870. The smallest absolute Gasteiger partial charge is 0.404 e. The molecule has 0 spiro atoms. The van der Waals surface area contributed by atoms with Gasteiger partial charge in [0, 0.05) is 31.9 Å². The number of hydrogen-bond donors (Lipinski definition) is 2. The summed E-state index contributed by atoms with van der Waals surface area (Å²) in [7, 11) is 6.53. The Morgan fingerprint density at radius 2 is 1.91 bits per heavy atom. The van der Waals surface area contributed by atoms with Crippen molar-refractivity contribution in [2.45, 2.75) is 44.4 Å². The van der Waals surface area contributed by atoms with Crippen LogP contribution in [0.1, 0.15) is 32.2 Å². The van der Waals surface area contributed by atoms with Gasteiger partial charge in [0.2, 0.25) is 5.88 Å². The minimum Gasteiger partial charge on any atom is -0.491 e. The summed E-state index contributed by atoms with van der Waals surface area (Å²) >= 11 is 0. The minimum atomic E-state index is -0.745. The van der Waals surface area contributed by atoms with Gasteiger partial charge in [-0.15, -0.1) is 5.10 Å². The van der Waals surface area contributed by atoms with Gasteiger partial charge in [0.1, 0.15) is 18.0 Å². The minimum absolute atomic E-state index is 0.0287. The molecular formula is C30H35N7O6. The SMILES string of the molecule is COC(N)=O.COc1nn(C)cc1-c1[nH]c2ncc3c4c2c1-c1ccc(cc1)OC[C@@H](C)O[C@H]1CCC(C1)n4c(=O)n3C. The molecule has 3 atom stereocenters. The second-order valence-electron chi connectivity index (χ2n) is 10.9. The number of imidazole rings is 1. The molecule has 2 aliphatic heterocycles. The number of ether oxygens (including phenoxy) is 4.